The van der Waals surface area contributed by atoms with Crippen LogP contribution in [0.15, 0.2) is 84.9 Å². The largest absolute Gasteiger partial charge is 0.305 e. The van der Waals surface area contributed by atoms with Crippen LogP contribution in [0.1, 0.15) is 74.3 Å². The number of anilines is 2. The van der Waals surface area contributed by atoms with Crippen molar-refractivity contribution in [3.63, 3.8) is 0 Å². The van der Waals surface area contributed by atoms with E-state index >= 15 is 0 Å². The molecule has 0 aliphatic carbocycles. The molecule has 0 saturated carbocycles. The van der Waals surface area contributed by atoms with E-state index in [9.17, 15) is 9.59 Å². The highest BCUT2D eigenvalue weighted by Crippen LogP contribution is 2.43. The molecule has 0 spiro atoms. The molecular formula is C30H34N2O2. The molecule has 0 saturated heterocycles. The third-order valence-corrected chi connectivity index (χ3v) is 6.66. The Morgan fingerprint density at radius 2 is 1.50 bits per heavy atom. The second-order valence-corrected chi connectivity index (χ2v) is 9.11. The lowest BCUT2D eigenvalue weighted by Crippen LogP contribution is -2.47. The van der Waals surface area contributed by atoms with Crippen LogP contribution in [0, 0.1) is 0 Å². The van der Waals surface area contributed by atoms with Gasteiger partial charge in [-0.25, -0.2) is 0 Å². The molecule has 3 aromatic carbocycles. The van der Waals surface area contributed by atoms with Crippen molar-refractivity contribution in [3.8, 4) is 0 Å². The topological polar surface area (TPSA) is 40.6 Å². The Morgan fingerprint density at radius 3 is 2.21 bits per heavy atom. The van der Waals surface area contributed by atoms with Crippen molar-refractivity contribution in [2.75, 3.05) is 9.80 Å². The summed E-state index contributed by atoms with van der Waals surface area (Å²) in [6, 6.07) is 27.3. The number of para-hydroxylation sites is 2. The highest BCUT2D eigenvalue weighted by atomic mass is 16.2. The number of hydrogen-bond donors (Lipinski definition) is 0. The molecule has 4 nitrogen and oxygen atoms in total. The zero-order chi connectivity index (χ0) is 23.9. The molecule has 2 atom stereocenters. The number of carbonyl (C=O) groups excluding carboxylic acids is 2. The van der Waals surface area contributed by atoms with Crippen molar-refractivity contribution in [1.29, 1.82) is 0 Å². The summed E-state index contributed by atoms with van der Waals surface area (Å²) >= 11 is 0. The van der Waals surface area contributed by atoms with Gasteiger partial charge in [-0.05, 0) is 55.7 Å². The van der Waals surface area contributed by atoms with Crippen LogP contribution in [-0.4, -0.2) is 17.9 Å². The smallest absolute Gasteiger partial charge is 0.258 e. The van der Waals surface area contributed by atoms with Crippen LogP contribution in [-0.2, 0) is 4.79 Å². The molecule has 1 aliphatic heterocycles. The van der Waals surface area contributed by atoms with Gasteiger partial charge >= 0.3 is 0 Å². The number of benzene rings is 3. The first-order valence-electron chi connectivity index (χ1n) is 12.5. The molecule has 2 unspecified atom stereocenters. The minimum atomic E-state index is -0.118. The molecule has 34 heavy (non-hydrogen) atoms. The molecule has 2 amide bonds. The van der Waals surface area contributed by atoms with Crippen LogP contribution in [0.3, 0.4) is 0 Å². The van der Waals surface area contributed by atoms with Crippen LogP contribution < -0.4 is 9.80 Å². The van der Waals surface area contributed by atoms with Gasteiger partial charge in [0.15, 0.2) is 0 Å². The summed E-state index contributed by atoms with van der Waals surface area (Å²) in [4.78, 5) is 31.0. The number of amides is 2. The fourth-order valence-corrected chi connectivity index (χ4v) is 4.97. The number of carbonyl (C=O) groups is 2. The second-order valence-electron chi connectivity index (χ2n) is 9.11. The van der Waals surface area contributed by atoms with Crippen molar-refractivity contribution in [3.05, 3.63) is 96.1 Å². The molecule has 1 aliphatic rings. The van der Waals surface area contributed by atoms with Gasteiger partial charge < -0.3 is 9.80 Å². The summed E-state index contributed by atoms with van der Waals surface area (Å²) in [5, 5.41) is 0. The van der Waals surface area contributed by atoms with Gasteiger partial charge in [0.05, 0.1) is 6.04 Å². The Hall–Kier alpha value is -3.40. The van der Waals surface area contributed by atoms with Crippen molar-refractivity contribution >= 4 is 23.2 Å². The normalized spacial score (nSPS) is 17.2. The Labute approximate surface area is 203 Å². The maximum absolute atomic E-state index is 13.6. The van der Waals surface area contributed by atoms with Crippen molar-refractivity contribution < 1.29 is 9.59 Å². The Bertz CT molecular complexity index is 1100. The molecule has 4 rings (SSSR count). The van der Waals surface area contributed by atoms with Gasteiger partial charge in [-0.1, -0.05) is 80.8 Å². The van der Waals surface area contributed by atoms with E-state index < -0.39 is 0 Å². The zero-order valence-corrected chi connectivity index (χ0v) is 20.2. The van der Waals surface area contributed by atoms with Crippen LogP contribution >= 0.6 is 0 Å². The molecule has 0 radical (unpaired) electrons. The molecular weight excluding hydrogens is 420 g/mol. The lowest BCUT2D eigenvalue weighted by Gasteiger charge is -2.43. The van der Waals surface area contributed by atoms with E-state index in [-0.39, 0.29) is 23.9 Å². The average molecular weight is 455 g/mol. The fourth-order valence-electron chi connectivity index (χ4n) is 4.97. The number of hydrogen-bond acceptors (Lipinski definition) is 2. The highest BCUT2D eigenvalue weighted by molar-refractivity contribution is 6.07. The third kappa shape index (κ3) is 5.06. The van der Waals surface area contributed by atoms with Crippen LogP contribution in [0.2, 0.25) is 0 Å². The van der Waals surface area contributed by atoms with E-state index in [1.165, 1.54) is 0 Å². The van der Waals surface area contributed by atoms with Gasteiger partial charge in [0.1, 0.15) is 0 Å². The lowest BCUT2D eigenvalue weighted by molar-refractivity contribution is -0.119. The zero-order valence-electron chi connectivity index (χ0n) is 20.2. The van der Waals surface area contributed by atoms with E-state index in [0.717, 1.165) is 42.6 Å². The third-order valence-electron chi connectivity index (χ3n) is 6.66. The Morgan fingerprint density at radius 1 is 0.853 bits per heavy atom. The molecule has 0 fully saturated rings. The molecule has 1 heterocycles. The first-order chi connectivity index (χ1) is 16.6. The number of nitrogens with zero attached hydrogens (tertiary/aromatic N) is 2. The van der Waals surface area contributed by atoms with Gasteiger partial charge in [0, 0.05) is 29.4 Å². The molecule has 0 bridgehead atoms. The summed E-state index contributed by atoms with van der Waals surface area (Å²) in [6.45, 7) is 4.26. The van der Waals surface area contributed by atoms with Crippen LogP contribution in [0.5, 0.6) is 0 Å². The van der Waals surface area contributed by atoms with Crippen LogP contribution in [0.4, 0.5) is 11.4 Å². The average Bonchev–Trinajstić information content (AvgIpc) is 2.88. The van der Waals surface area contributed by atoms with Gasteiger partial charge in [-0.3, -0.25) is 9.59 Å². The summed E-state index contributed by atoms with van der Waals surface area (Å²) in [7, 11) is 0. The summed E-state index contributed by atoms with van der Waals surface area (Å²) in [5.74, 6) is 0.147. The van der Waals surface area contributed by atoms with Gasteiger partial charge in [0.25, 0.3) is 5.91 Å². The second kappa shape index (κ2) is 11.1. The SMILES string of the molecule is CCCCCCC(=O)N(c1ccccc1)C1CC(C)N(C(=O)c2ccccc2)c2ccccc21. The first kappa shape index (κ1) is 23.7. The van der Waals surface area contributed by atoms with Gasteiger partial charge in [-0.2, -0.15) is 0 Å². The lowest BCUT2D eigenvalue weighted by atomic mass is 9.89. The fraction of sp³-hybridized carbons (Fsp3) is 0.333. The van der Waals surface area contributed by atoms with E-state index in [1.54, 1.807) is 0 Å². The van der Waals surface area contributed by atoms with Crippen molar-refractivity contribution in [1.82, 2.24) is 0 Å². The van der Waals surface area contributed by atoms with Crippen LogP contribution in [0.25, 0.3) is 0 Å². The molecule has 3 aromatic rings. The predicted octanol–water partition coefficient (Wildman–Crippen LogP) is 7.17. The summed E-state index contributed by atoms with van der Waals surface area (Å²) in [5.41, 5.74) is 3.50. The maximum Gasteiger partial charge on any atom is 0.258 e. The minimum absolute atomic E-state index is 0.00356. The van der Waals surface area contributed by atoms with Gasteiger partial charge in [0.2, 0.25) is 5.91 Å². The Kier molecular flexibility index (Phi) is 7.79. The van der Waals surface area contributed by atoms with E-state index in [4.69, 9.17) is 0 Å². The number of unbranched alkanes of at least 4 members (excludes halogenated alkanes) is 3. The molecule has 176 valence electrons. The minimum Gasteiger partial charge on any atom is -0.305 e. The first-order valence-corrected chi connectivity index (χ1v) is 12.5. The van der Waals surface area contributed by atoms with E-state index in [2.05, 4.69) is 19.9 Å². The van der Waals surface area contributed by atoms with Crippen molar-refractivity contribution in [2.45, 2.75) is 64.5 Å². The summed E-state index contributed by atoms with van der Waals surface area (Å²) < 4.78 is 0. The van der Waals surface area contributed by atoms with Crippen molar-refractivity contribution in [2.24, 2.45) is 0 Å². The quantitative estimate of drug-likeness (QED) is 0.339. The van der Waals surface area contributed by atoms with E-state index in [1.807, 2.05) is 88.7 Å². The van der Waals surface area contributed by atoms with Gasteiger partial charge in [-0.15, -0.1) is 0 Å². The standard InChI is InChI=1S/C30H34N2O2/c1-3-4-5-12-21-29(33)32(25-17-10-7-11-18-25)28-22-23(2)31(27-20-14-13-19-26(27)28)30(34)24-15-8-6-9-16-24/h6-11,13-20,23,28H,3-5,12,21-22H2,1-2H3. The monoisotopic (exact) mass is 454 g/mol. The Balaban J connectivity index is 1.70. The number of fused-ring (bicyclic) bond motifs is 1. The molecule has 4 heteroatoms. The number of rotatable bonds is 8. The maximum atomic E-state index is 13.6. The predicted molar refractivity (Wildman–Crippen MR) is 139 cm³/mol. The van der Waals surface area contributed by atoms with E-state index in [0.29, 0.717) is 18.4 Å². The molecule has 0 aromatic heterocycles. The highest BCUT2D eigenvalue weighted by Gasteiger charge is 2.38. The molecule has 0 N–H and O–H groups in total. The summed E-state index contributed by atoms with van der Waals surface area (Å²) in [6.07, 6.45) is 5.49.